The van der Waals surface area contributed by atoms with Crippen LogP contribution in [0.2, 0.25) is 5.02 Å². The van der Waals surface area contributed by atoms with E-state index in [1.807, 2.05) is 47.4 Å². The predicted octanol–water partition coefficient (Wildman–Crippen LogP) is 4.78. The number of rotatable bonds is 11. The zero-order chi connectivity index (χ0) is 26.8. The smallest absolute Gasteiger partial charge is 0.225 e. The van der Waals surface area contributed by atoms with E-state index in [1.54, 1.807) is 48.6 Å². The molecule has 2 heterocycles. The van der Waals surface area contributed by atoms with E-state index in [9.17, 15) is 9.59 Å². The molecule has 1 atom stereocenters. The van der Waals surface area contributed by atoms with Crippen LogP contribution in [0, 0.1) is 0 Å². The van der Waals surface area contributed by atoms with Crippen molar-refractivity contribution in [2.45, 2.75) is 37.8 Å². The fourth-order valence-corrected chi connectivity index (χ4v) is 4.68. The second kappa shape index (κ2) is 13.4. The number of halogens is 1. The molecular formula is C30H34ClN3O4. The number of amides is 2. The van der Waals surface area contributed by atoms with Gasteiger partial charge in [-0.3, -0.25) is 14.6 Å². The van der Waals surface area contributed by atoms with E-state index in [4.69, 9.17) is 21.1 Å². The van der Waals surface area contributed by atoms with Crippen molar-refractivity contribution in [1.29, 1.82) is 0 Å². The van der Waals surface area contributed by atoms with Crippen molar-refractivity contribution < 1.29 is 19.1 Å². The molecule has 1 aliphatic heterocycles. The number of nitrogens with zero attached hydrogens (tertiary/aromatic N) is 3. The summed E-state index contributed by atoms with van der Waals surface area (Å²) in [6.45, 7) is 1.76. The highest BCUT2D eigenvalue weighted by atomic mass is 35.5. The highest BCUT2D eigenvalue weighted by molar-refractivity contribution is 6.30. The fourth-order valence-electron chi connectivity index (χ4n) is 4.56. The molecule has 0 radical (unpaired) electrons. The topological polar surface area (TPSA) is 72.0 Å². The summed E-state index contributed by atoms with van der Waals surface area (Å²) in [4.78, 5) is 34.0. The Hall–Kier alpha value is -3.42. The van der Waals surface area contributed by atoms with Gasteiger partial charge in [-0.25, -0.2) is 0 Å². The molecule has 7 nitrogen and oxygen atoms in total. The van der Waals surface area contributed by atoms with Crippen LogP contribution in [-0.4, -0.2) is 65.6 Å². The summed E-state index contributed by atoms with van der Waals surface area (Å²) in [5.41, 5.74) is 1.25. The van der Waals surface area contributed by atoms with Crippen molar-refractivity contribution in [3.8, 4) is 5.75 Å². The van der Waals surface area contributed by atoms with E-state index in [-0.39, 0.29) is 24.8 Å². The normalized spacial score (nSPS) is 17.2. The second-order valence-corrected chi connectivity index (χ2v) is 10.1. The molecule has 0 aliphatic carbocycles. The van der Waals surface area contributed by atoms with Gasteiger partial charge in [0, 0.05) is 44.0 Å². The largest absolute Gasteiger partial charge is 0.490 e. The van der Waals surface area contributed by atoms with Crippen molar-refractivity contribution in [2.24, 2.45) is 0 Å². The van der Waals surface area contributed by atoms with Crippen LogP contribution in [0.15, 0.2) is 79.1 Å². The molecule has 2 amide bonds. The molecule has 38 heavy (non-hydrogen) atoms. The Bertz CT molecular complexity index is 1180. The molecule has 1 aliphatic rings. The molecule has 200 valence electrons. The molecule has 2 aromatic carbocycles. The lowest BCUT2D eigenvalue weighted by Crippen LogP contribution is -2.58. The zero-order valence-corrected chi connectivity index (χ0v) is 22.5. The standard InChI is InChI=1S/C30H34ClN3O4/c1-33(21-25-6-3-2-4-7-25)29(36)20-30(23-37-27-12-10-26(31)11-13-27)22-34(18-19-38-30)28(35)9-5-8-24-14-16-32-17-15-24/h2-4,6-7,10-17H,5,8-9,18-23H2,1H3/t30-/m1/s1. The second-order valence-electron chi connectivity index (χ2n) is 9.71. The summed E-state index contributed by atoms with van der Waals surface area (Å²) >= 11 is 6.02. The first-order chi connectivity index (χ1) is 18.4. The van der Waals surface area contributed by atoms with Gasteiger partial charge in [-0.1, -0.05) is 41.9 Å². The lowest BCUT2D eigenvalue weighted by molar-refractivity contribution is -0.165. The highest BCUT2D eigenvalue weighted by Crippen LogP contribution is 2.27. The van der Waals surface area contributed by atoms with E-state index in [1.165, 1.54) is 0 Å². The first kappa shape index (κ1) is 27.6. The Balaban J connectivity index is 1.42. The summed E-state index contributed by atoms with van der Waals surface area (Å²) in [5, 5.41) is 0.613. The Kier molecular flexibility index (Phi) is 9.73. The average Bonchev–Trinajstić information content (AvgIpc) is 2.94. The number of carbonyl (C=O) groups excluding carboxylic acids is 2. The molecule has 1 aromatic heterocycles. The molecule has 0 spiro atoms. The number of hydrogen-bond donors (Lipinski definition) is 0. The van der Waals surface area contributed by atoms with Crippen LogP contribution in [0.4, 0.5) is 0 Å². The van der Waals surface area contributed by atoms with E-state index in [2.05, 4.69) is 4.98 Å². The number of morpholine rings is 1. The van der Waals surface area contributed by atoms with Crippen LogP contribution < -0.4 is 4.74 Å². The van der Waals surface area contributed by atoms with Gasteiger partial charge in [0.05, 0.1) is 19.6 Å². The summed E-state index contributed by atoms with van der Waals surface area (Å²) in [5.74, 6) is 0.618. The lowest BCUT2D eigenvalue weighted by atomic mass is 9.96. The van der Waals surface area contributed by atoms with Gasteiger partial charge >= 0.3 is 0 Å². The number of aromatic nitrogens is 1. The van der Waals surface area contributed by atoms with Crippen molar-refractivity contribution >= 4 is 23.4 Å². The maximum atomic E-state index is 13.3. The Morgan fingerprint density at radius 1 is 1.05 bits per heavy atom. The maximum absolute atomic E-state index is 13.3. The molecule has 3 aromatic rings. The van der Waals surface area contributed by atoms with Gasteiger partial charge in [-0.2, -0.15) is 0 Å². The summed E-state index contributed by atoms with van der Waals surface area (Å²) < 4.78 is 12.3. The first-order valence-electron chi connectivity index (χ1n) is 12.9. The Morgan fingerprint density at radius 2 is 1.79 bits per heavy atom. The minimum atomic E-state index is -0.958. The third kappa shape index (κ3) is 8.04. The molecule has 1 saturated heterocycles. The molecule has 0 saturated carbocycles. The minimum absolute atomic E-state index is 0.0586. The van der Waals surface area contributed by atoms with Crippen molar-refractivity contribution in [3.63, 3.8) is 0 Å². The molecule has 8 heteroatoms. The Labute approximate surface area is 229 Å². The monoisotopic (exact) mass is 535 g/mol. The molecule has 0 N–H and O–H groups in total. The third-order valence-corrected chi connectivity index (χ3v) is 6.94. The summed E-state index contributed by atoms with van der Waals surface area (Å²) in [6, 6.07) is 20.9. The van der Waals surface area contributed by atoms with E-state index < -0.39 is 5.60 Å². The van der Waals surface area contributed by atoms with Crippen LogP contribution in [-0.2, 0) is 27.3 Å². The van der Waals surface area contributed by atoms with Crippen LogP contribution in [0.3, 0.4) is 0 Å². The Morgan fingerprint density at radius 3 is 2.53 bits per heavy atom. The number of pyridine rings is 1. The van der Waals surface area contributed by atoms with Crippen molar-refractivity contribution in [1.82, 2.24) is 14.8 Å². The number of benzene rings is 2. The predicted molar refractivity (Wildman–Crippen MR) is 147 cm³/mol. The van der Waals surface area contributed by atoms with E-state index >= 15 is 0 Å². The van der Waals surface area contributed by atoms with Gasteiger partial charge in [0.1, 0.15) is 18.0 Å². The lowest BCUT2D eigenvalue weighted by Gasteiger charge is -2.42. The molecule has 1 fully saturated rings. The van der Waals surface area contributed by atoms with E-state index in [0.29, 0.717) is 43.4 Å². The highest BCUT2D eigenvalue weighted by Gasteiger charge is 2.42. The van der Waals surface area contributed by atoms with Gasteiger partial charge in [0.2, 0.25) is 11.8 Å². The number of carbonyl (C=O) groups is 2. The van der Waals surface area contributed by atoms with Crippen molar-refractivity contribution in [2.75, 3.05) is 33.4 Å². The SMILES string of the molecule is CN(Cc1ccccc1)C(=O)C[C@]1(COc2ccc(Cl)cc2)CN(C(=O)CCCc2ccncc2)CCO1. The first-order valence-corrected chi connectivity index (χ1v) is 13.3. The maximum Gasteiger partial charge on any atom is 0.225 e. The molecular weight excluding hydrogens is 502 g/mol. The quantitative estimate of drug-likeness (QED) is 0.353. The van der Waals surface area contributed by atoms with Crippen LogP contribution >= 0.6 is 11.6 Å². The van der Waals surface area contributed by atoms with Gasteiger partial charge in [-0.15, -0.1) is 0 Å². The van der Waals surface area contributed by atoms with Gasteiger partial charge < -0.3 is 19.3 Å². The van der Waals surface area contributed by atoms with Crippen LogP contribution in [0.5, 0.6) is 5.75 Å². The van der Waals surface area contributed by atoms with Gasteiger partial charge in [-0.05, 0) is 60.4 Å². The summed E-state index contributed by atoms with van der Waals surface area (Å²) in [7, 11) is 1.79. The number of ether oxygens (including phenoxy) is 2. The minimum Gasteiger partial charge on any atom is -0.490 e. The number of hydrogen-bond acceptors (Lipinski definition) is 5. The fraction of sp³-hybridized carbons (Fsp3) is 0.367. The van der Waals surface area contributed by atoms with Crippen molar-refractivity contribution in [3.05, 3.63) is 95.3 Å². The molecule has 0 unspecified atom stereocenters. The van der Waals surface area contributed by atoms with Gasteiger partial charge in [0.15, 0.2) is 0 Å². The summed E-state index contributed by atoms with van der Waals surface area (Å²) in [6.07, 6.45) is 5.61. The van der Waals surface area contributed by atoms with Crippen LogP contribution in [0.25, 0.3) is 0 Å². The third-order valence-electron chi connectivity index (χ3n) is 6.68. The van der Waals surface area contributed by atoms with Gasteiger partial charge in [0.25, 0.3) is 0 Å². The number of aryl methyl sites for hydroxylation is 1. The molecule has 4 rings (SSSR count). The molecule has 0 bridgehead atoms. The zero-order valence-electron chi connectivity index (χ0n) is 21.7. The van der Waals surface area contributed by atoms with Crippen LogP contribution in [0.1, 0.15) is 30.4 Å². The van der Waals surface area contributed by atoms with E-state index in [0.717, 1.165) is 24.0 Å². The average molecular weight is 536 g/mol.